The third kappa shape index (κ3) is 3.12. The minimum absolute atomic E-state index is 0.0377. The third-order valence-corrected chi connectivity index (χ3v) is 5.03. The van der Waals surface area contributed by atoms with E-state index in [1.807, 2.05) is 20.8 Å². The van der Waals surface area contributed by atoms with Gasteiger partial charge in [0.25, 0.3) is 0 Å². The van der Waals surface area contributed by atoms with Crippen LogP contribution in [0.5, 0.6) is 0 Å². The maximum atomic E-state index is 13.3. The van der Waals surface area contributed by atoms with Crippen molar-refractivity contribution < 1.29 is 9.50 Å². The third-order valence-electron chi connectivity index (χ3n) is 4.03. The van der Waals surface area contributed by atoms with E-state index >= 15 is 0 Å². The Balaban J connectivity index is 2.22. The predicted molar refractivity (Wildman–Crippen MR) is 97.1 cm³/mol. The van der Waals surface area contributed by atoms with Crippen LogP contribution >= 0.6 is 11.3 Å². The molecule has 1 unspecified atom stereocenters. The first-order valence-electron chi connectivity index (χ1n) is 7.94. The van der Waals surface area contributed by atoms with Crippen molar-refractivity contribution in [1.82, 2.24) is 9.97 Å². The fraction of sp³-hybridized carbons (Fsp3) is 0.333. The van der Waals surface area contributed by atoms with Gasteiger partial charge in [-0.2, -0.15) is 0 Å². The van der Waals surface area contributed by atoms with Gasteiger partial charge in [0.15, 0.2) is 0 Å². The first kappa shape index (κ1) is 16.8. The van der Waals surface area contributed by atoms with E-state index in [0.29, 0.717) is 5.82 Å². The number of nitrogens with one attached hydrogen (secondary N) is 1. The van der Waals surface area contributed by atoms with Crippen molar-refractivity contribution in [2.45, 2.75) is 33.2 Å². The molecule has 0 aliphatic carbocycles. The average molecular weight is 345 g/mol. The molecule has 0 spiro atoms. The Hall–Kier alpha value is -2.05. The highest BCUT2D eigenvalue weighted by molar-refractivity contribution is 7.19. The number of aliphatic hydroxyl groups excluding tert-OH is 1. The Bertz CT molecular complexity index is 857. The number of hydrogen-bond acceptors (Lipinski definition) is 5. The fourth-order valence-corrected chi connectivity index (χ4v) is 3.85. The number of hydrogen-bond donors (Lipinski definition) is 2. The number of fused-ring (bicyclic) bond motifs is 1. The zero-order chi connectivity index (χ0) is 17.3. The summed E-state index contributed by atoms with van der Waals surface area (Å²) in [5.74, 6) is 1.15. The van der Waals surface area contributed by atoms with Crippen LogP contribution in [0.4, 0.5) is 10.2 Å². The molecule has 0 fully saturated rings. The topological polar surface area (TPSA) is 58.0 Å². The van der Waals surface area contributed by atoms with Gasteiger partial charge in [-0.25, -0.2) is 14.4 Å². The van der Waals surface area contributed by atoms with Gasteiger partial charge in [-0.3, -0.25) is 0 Å². The molecule has 0 aliphatic heterocycles. The first-order valence-corrected chi connectivity index (χ1v) is 8.76. The van der Waals surface area contributed by atoms with Crippen molar-refractivity contribution in [2.75, 3.05) is 11.9 Å². The number of nitrogens with zero attached hydrogens (tertiary/aromatic N) is 2. The summed E-state index contributed by atoms with van der Waals surface area (Å²) in [6, 6.07) is 6.41. The minimum Gasteiger partial charge on any atom is -0.394 e. The second-order valence-corrected chi connectivity index (χ2v) is 6.97. The quantitative estimate of drug-likeness (QED) is 0.724. The maximum Gasteiger partial charge on any atom is 0.139 e. The number of aromatic nitrogens is 2. The van der Waals surface area contributed by atoms with E-state index < -0.39 is 0 Å². The normalized spacial score (nSPS) is 12.5. The molecule has 0 bridgehead atoms. The van der Waals surface area contributed by atoms with Crippen molar-refractivity contribution >= 4 is 27.4 Å². The summed E-state index contributed by atoms with van der Waals surface area (Å²) in [7, 11) is 0. The van der Waals surface area contributed by atoms with E-state index in [9.17, 15) is 9.50 Å². The Morgan fingerprint density at radius 1 is 1.21 bits per heavy atom. The molecule has 2 N–H and O–H groups in total. The van der Waals surface area contributed by atoms with Crippen molar-refractivity contribution in [1.29, 1.82) is 0 Å². The Labute approximate surface area is 144 Å². The molecule has 3 aromatic rings. The largest absolute Gasteiger partial charge is 0.394 e. The Morgan fingerprint density at radius 2 is 1.92 bits per heavy atom. The molecule has 2 heterocycles. The summed E-state index contributed by atoms with van der Waals surface area (Å²) in [6.07, 6.45) is 0.788. The number of aryl methyl sites for hydroxylation is 2. The first-order chi connectivity index (χ1) is 11.5. The predicted octanol–water partition coefficient (Wildman–Crippen LogP) is 4.30. The van der Waals surface area contributed by atoms with Crippen LogP contribution in [-0.2, 0) is 0 Å². The molecule has 0 saturated carbocycles. The van der Waals surface area contributed by atoms with Gasteiger partial charge < -0.3 is 10.4 Å². The van der Waals surface area contributed by atoms with Crippen molar-refractivity contribution in [3.8, 4) is 11.1 Å². The summed E-state index contributed by atoms with van der Waals surface area (Å²) in [5, 5.41) is 13.8. The van der Waals surface area contributed by atoms with Crippen LogP contribution in [0.2, 0.25) is 0 Å². The molecule has 0 saturated heterocycles. The van der Waals surface area contributed by atoms with E-state index in [2.05, 4.69) is 15.3 Å². The number of aliphatic hydroxyl groups is 1. The molecule has 24 heavy (non-hydrogen) atoms. The number of benzene rings is 1. The number of anilines is 1. The van der Waals surface area contributed by atoms with Gasteiger partial charge in [-0.15, -0.1) is 11.3 Å². The lowest BCUT2D eigenvalue weighted by atomic mass is 10.0. The lowest BCUT2D eigenvalue weighted by Crippen LogP contribution is -2.23. The summed E-state index contributed by atoms with van der Waals surface area (Å²) in [6.45, 7) is 5.94. The van der Waals surface area contributed by atoms with Crippen LogP contribution in [0.25, 0.3) is 21.3 Å². The highest BCUT2D eigenvalue weighted by Crippen LogP contribution is 2.40. The summed E-state index contributed by atoms with van der Waals surface area (Å²) in [5.41, 5.74) is 1.96. The van der Waals surface area contributed by atoms with Crippen LogP contribution < -0.4 is 5.32 Å². The minimum atomic E-state index is -0.257. The summed E-state index contributed by atoms with van der Waals surface area (Å²) >= 11 is 1.60. The second kappa shape index (κ2) is 6.83. The highest BCUT2D eigenvalue weighted by atomic mass is 32.1. The van der Waals surface area contributed by atoms with Crippen LogP contribution in [0, 0.1) is 19.7 Å². The van der Waals surface area contributed by atoms with Gasteiger partial charge in [0.05, 0.1) is 18.0 Å². The smallest absolute Gasteiger partial charge is 0.139 e. The number of halogens is 1. The molecular weight excluding hydrogens is 325 g/mol. The Morgan fingerprint density at radius 3 is 2.54 bits per heavy atom. The van der Waals surface area contributed by atoms with Gasteiger partial charge >= 0.3 is 0 Å². The lowest BCUT2D eigenvalue weighted by Gasteiger charge is -2.16. The van der Waals surface area contributed by atoms with E-state index in [1.54, 1.807) is 23.5 Å². The van der Waals surface area contributed by atoms with Crippen molar-refractivity contribution in [2.24, 2.45) is 0 Å². The molecule has 126 valence electrons. The Kier molecular flexibility index (Phi) is 4.78. The molecule has 0 aliphatic rings. The van der Waals surface area contributed by atoms with Gasteiger partial charge in [0, 0.05) is 10.4 Å². The molecule has 0 radical (unpaired) electrons. The van der Waals surface area contributed by atoms with E-state index in [0.717, 1.165) is 38.5 Å². The highest BCUT2D eigenvalue weighted by Gasteiger charge is 2.19. The second-order valence-electron chi connectivity index (χ2n) is 5.77. The molecule has 1 atom stereocenters. The number of rotatable bonds is 5. The summed E-state index contributed by atoms with van der Waals surface area (Å²) < 4.78 is 13.3. The monoisotopic (exact) mass is 345 g/mol. The average Bonchev–Trinajstić information content (AvgIpc) is 2.89. The lowest BCUT2D eigenvalue weighted by molar-refractivity contribution is 0.271. The van der Waals surface area contributed by atoms with Gasteiger partial charge in [-0.05, 0) is 38.0 Å². The fourth-order valence-electron chi connectivity index (χ4n) is 2.76. The SMILES string of the molecule is CCC(CO)Nc1nc(C)nc2sc(C)c(-c3ccc(F)cc3)c12. The summed E-state index contributed by atoms with van der Waals surface area (Å²) in [4.78, 5) is 11.1. The molecule has 3 rings (SSSR count). The van der Waals surface area contributed by atoms with E-state index in [1.165, 1.54) is 12.1 Å². The molecule has 6 heteroatoms. The van der Waals surface area contributed by atoms with Crippen molar-refractivity contribution in [3.05, 3.63) is 40.8 Å². The van der Waals surface area contributed by atoms with Gasteiger partial charge in [0.2, 0.25) is 0 Å². The van der Waals surface area contributed by atoms with E-state index in [4.69, 9.17) is 0 Å². The molecule has 0 amide bonds. The zero-order valence-electron chi connectivity index (χ0n) is 13.9. The number of thiophene rings is 1. The van der Waals surface area contributed by atoms with Crippen molar-refractivity contribution in [3.63, 3.8) is 0 Å². The standard InChI is InChI=1S/C18H20FN3OS/c1-4-14(9-23)22-17-16-15(12-5-7-13(19)8-6-12)10(2)24-18(16)21-11(3)20-17/h5-8,14,23H,4,9H2,1-3H3,(H,20,21,22). The van der Waals surface area contributed by atoms with Crippen LogP contribution in [0.15, 0.2) is 24.3 Å². The van der Waals surface area contributed by atoms with Gasteiger partial charge in [-0.1, -0.05) is 19.1 Å². The van der Waals surface area contributed by atoms with Crippen LogP contribution in [0.1, 0.15) is 24.0 Å². The van der Waals surface area contributed by atoms with Crippen LogP contribution in [-0.4, -0.2) is 27.7 Å². The molecule has 1 aromatic carbocycles. The molecule has 2 aromatic heterocycles. The van der Waals surface area contributed by atoms with E-state index in [-0.39, 0.29) is 18.5 Å². The van der Waals surface area contributed by atoms with Crippen LogP contribution in [0.3, 0.4) is 0 Å². The molecule has 4 nitrogen and oxygen atoms in total. The molecular formula is C18H20FN3OS. The zero-order valence-corrected chi connectivity index (χ0v) is 14.7. The van der Waals surface area contributed by atoms with Gasteiger partial charge in [0.1, 0.15) is 22.3 Å². The maximum absolute atomic E-state index is 13.3.